The maximum atomic E-state index is 10.9. The Balaban J connectivity index is 2.39. The lowest BCUT2D eigenvalue weighted by Gasteiger charge is -2.48. The third-order valence-electron chi connectivity index (χ3n) is 5.80. The van der Waals surface area contributed by atoms with Crippen molar-refractivity contribution in [2.75, 3.05) is 46.2 Å². The summed E-state index contributed by atoms with van der Waals surface area (Å²) < 4.78 is 46.8. The van der Waals surface area contributed by atoms with Gasteiger partial charge in [0.05, 0.1) is 46.2 Å². The van der Waals surface area contributed by atoms with E-state index in [2.05, 4.69) is 32.9 Å². The minimum atomic E-state index is -1.38. The Labute approximate surface area is 224 Å². The second-order valence-corrected chi connectivity index (χ2v) is 8.60. The zero-order chi connectivity index (χ0) is 27.9. The number of rotatable bonds is 19. The summed E-state index contributed by atoms with van der Waals surface area (Å²) in [6, 6.07) is 0. The maximum Gasteiger partial charge on any atom is 0.187 e. The molecule has 216 valence electrons. The van der Waals surface area contributed by atoms with Gasteiger partial charge in [0.15, 0.2) is 12.6 Å². The van der Waals surface area contributed by atoms with Crippen LogP contribution in [-0.2, 0) is 37.9 Å². The highest BCUT2D eigenvalue weighted by molar-refractivity contribution is 4.97. The van der Waals surface area contributed by atoms with Gasteiger partial charge >= 0.3 is 0 Å². The molecule has 0 aliphatic carbocycles. The lowest BCUT2D eigenvalue weighted by molar-refractivity contribution is -0.364. The lowest BCUT2D eigenvalue weighted by Crippen LogP contribution is -2.65. The Morgan fingerprint density at radius 1 is 0.553 bits per heavy atom. The molecule has 2 rings (SSSR count). The van der Waals surface area contributed by atoms with Gasteiger partial charge in [-0.25, -0.2) is 0 Å². The van der Waals surface area contributed by atoms with Crippen LogP contribution in [0.3, 0.4) is 0 Å². The molecule has 11 nitrogen and oxygen atoms in total. The summed E-state index contributed by atoms with van der Waals surface area (Å²) in [6.45, 7) is 18.9. The molecule has 0 aromatic rings. The molecule has 0 aromatic carbocycles. The van der Waals surface area contributed by atoms with Gasteiger partial charge in [-0.15, -0.1) is 32.9 Å². The topological polar surface area (TPSA) is 135 Å². The molecule has 0 bridgehead atoms. The van der Waals surface area contributed by atoms with Gasteiger partial charge in [-0.2, -0.15) is 0 Å². The van der Waals surface area contributed by atoms with Crippen molar-refractivity contribution in [1.29, 1.82) is 0 Å². The summed E-state index contributed by atoms with van der Waals surface area (Å²) in [5.41, 5.74) is 0. The molecule has 0 saturated carbocycles. The zero-order valence-electron chi connectivity index (χ0n) is 21.8. The summed E-state index contributed by atoms with van der Waals surface area (Å²) in [4.78, 5) is 0. The molecule has 0 radical (unpaired) electrons. The molecule has 2 aliphatic heterocycles. The van der Waals surface area contributed by atoms with E-state index in [1.54, 1.807) is 18.2 Å². The van der Waals surface area contributed by atoms with Crippen LogP contribution < -0.4 is 0 Å². The molecule has 0 amide bonds. The molecular weight excluding hydrogens is 500 g/mol. The average Bonchev–Trinajstić information content (AvgIpc) is 2.91. The molecule has 2 saturated heterocycles. The Kier molecular flexibility index (Phi) is 15.2. The van der Waals surface area contributed by atoms with Crippen LogP contribution in [0, 0.1) is 0 Å². The average molecular weight is 543 g/mol. The monoisotopic (exact) mass is 542 g/mol. The molecule has 10 atom stereocenters. The lowest BCUT2D eigenvalue weighted by atomic mass is 9.96. The summed E-state index contributed by atoms with van der Waals surface area (Å²) in [5.74, 6) is 0. The SMILES string of the molecule is C=CCOC[C@H]1O[C@@H](O[C@H]2[C@H](OCC=C)[C@@H](OCC=C)[C@@H](O)O[C@@H]2COCC=C)[C@H](OCC=C)[C@@H](O)[C@H]1O. The van der Waals surface area contributed by atoms with Crippen LogP contribution in [0.5, 0.6) is 0 Å². The molecule has 2 heterocycles. The second kappa shape index (κ2) is 17.8. The minimum absolute atomic E-state index is 0.0117. The van der Waals surface area contributed by atoms with E-state index >= 15 is 0 Å². The minimum Gasteiger partial charge on any atom is -0.387 e. The first-order valence-corrected chi connectivity index (χ1v) is 12.5. The predicted octanol–water partition coefficient (Wildman–Crippen LogP) is 0.654. The van der Waals surface area contributed by atoms with Gasteiger partial charge < -0.3 is 53.2 Å². The standard InChI is InChI=1S/C27H42O11/c1-6-11-31-16-18-20(28)21(29)23(33-13-8-3)27(37-18)38-22-19(17-32-12-7-2)36-26(30)25(35-15-10-5)24(22)34-14-9-4/h6-10,18-30H,1-5,11-17H2/t18-,19-,20+,21+,22-,23-,24+,25-,26+,27+/m1/s1. The first kappa shape index (κ1) is 32.5. The van der Waals surface area contributed by atoms with Gasteiger partial charge in [-0.05, 0) is 0 Å². The van der Waals surface area contributed by atoms with Crippen molar-refractivity contribution < 1.29 is 53.2 Å². The summed E-state index contributed by atoms with van der Waals surface area (Å²) in [7, 11) is 0. The Morgan fingerprint density at radius 2 is 1.05 bits per heavy atom. The second-order valence-electron chi connectivity index (χ2n) is 8.60. The Morgan fingerprint density at radius 3 is 1.61 bits per heavy atom. The van der Waals surface area contributed by atoms with E-state index < -0.39 is 61.4 Å². The third-order valence-corrected chi connectivity index (χ3v) is 5.80. The quantitative estimate of drug-likeness (QED) is 0.157. The molecule has 38 heavy (non-hydrogen) atoms. The van der Waals surface area contributed by atoms with Crippen LogP contribution in [0.1, 0.15) is 0 Å². The van der Waals surface area contributed by atoms with Crippen LogP contribution in [0.25, 0.3) is 0 Å². The number of ether oxygens (including phenoxy) is 8. The molecule has 11 heteroatoms. The molecule has 0 spiro atoms. The van der Waals surface area contributed by atoms with Crippen molar-refractivity contribution in [1.82, 2.24) is 0 Å². The summed E-state index contributed by atoms with van der Waals surface area (Å²) in [6.07, 6.45) is -3.22. The first-order chi connectivity index (χ1) is 18.4. The van der Waals surface area contributed by atoms with Crippen molar-refractivity contribution in [3.05, 3.63) is 63.3 Å². The van der Waals surface area contributed by atoms with Crippen LogP contribution in [0.4, 0.5) is 0 Å². The van der Waals surface area contributed by atoms with E-state index in [1.807, 2.05) is 0 Å². The molecular formula is C27H42O11. The molecule has 3 N–H and O–H groups in total. The van der Waals surface area contributed by atoms with Crippen LogP contribution in [0.15, 0.2) is 63.3 Å². The highest BCUT2D eigenvalue weighted by atomic mass is 16.7. The normalized spacial score (nSPS) is 35.3. The highest BCUT2D eigenvalue weighted by Crippen LogP contribution is 2.32. The number of hydrogen-bond acceptors (Lipinski definition) is 11. The zero-order valence-corrected chi connectivity index (χ0v) is 21.8. The van der Waals surface area contributed by atoms with E-state index in [9.17, 15) is 15.3 Å². The molecule has 2 fully saturated rings. The summed E-state index contributed by atoms with van der Waals surface area (Å²) in [5, 5.41) is 32.3. The highest BCUT2D eigenvalue weighted by Gasteiger charge is 2.52. The van der Waals surface area contributed by atoms with Crippen molar-refractivity contribution in [3.8, 4) is 0 Å². The largest absolute Gasteiger partial charge is 0.387 e. The van der Waals surface area contributed by atoms with E-state index in [0.717, 1.165) is 0 Å². The number of aliphatic hydroxyl groups excluding tert-OH is 3. The van der Waals surface area contributed by atoms with Crippen LogP contribution in [0.2, 0.25) is 0 Å². The molecule has 0 unspecified atom stereocenters. The molecule has 2 aliphatic rings. The first-order valence-electron chi connectivity index (χ1n) is 12.5. The van der Waals surface area contributed by atoms with Crippen LogP contribution in [-0.4, -0.2) is 123 Å². The predicted molar refractivity (Wildman–Crippen MR) is 138 cm³/mol. The van der Waals surface area contributed by atoms with E-state index in [-0.39, 0.29) is 46.2 Å². The van der Waals surface area contributed by atoms with Crippen molar-refractivity contribution in [2.24, 2.45) is 0 Å². The van der Waals surface area contributed by atoms with Gasteiger partial charge in [0.1, 0.15) is 48.8 Å². The fraction of sp³-hybridized carbons (Fsp3) is 0.630. The number of hydrogen-bond donors (Lipinski definition) is 3. The maximum absolute atomic E-state index is 10.9. The van der Waals surface area contributed by atoms with Crippen LogP contribution >= 0.6 is 0 Å². The van der Waals surface area contributed by atoms with Gasteiger partial charge in [0.2, 0.25) is 0 Å². The number of aliphatic hydroxyl groups is 3. The summed E-state index contributed by atoms with van der Waals surface area (Å²) >= 11 is 0. The van der Waals surface area contributed by atoms with Crippen molar-refractivity contribution >= 4 is 0 Å². The van der Waals surface area contributed by atoms with Gasteiger partial charge in [0.25, 0.3) is 0 Å². The fourth-order valence-corrected chi connectivity index (χ4v) is 4.12. The van der Waals surface area contributed by atoms with E-state index in [1.165, 1.54) is 12.2 Å². The smallest absolute Gasteiger partial charge is 0.187 e. The van der Waals surface area contributed by atoms with Gasteiger partial charge in [-0.1, -0.05) is 30.4 Å². The van der Waals surface area contributed by atoms with E-state index in [0.29, 0.717) is 0 Å². The third kappa shape index (κ3) is 9.18. The fourth-order valence-electron chi connectivity index (χ4n) is 4.12. The Bertz CT molecular complexity index is 730. The van der Waals surface area contributed by atoms with E-state index in [4.69, 9.17) is 37.9 Å². The molecule has 0 aromatic heterocycles. The van der Waals surface area contributed by atoms with Crippen molar-refractivity contribution in [3.63, 3.8) is 0 Å². The van der Waals surface area contributed by atoms with Crippen molar-refractivity contribution in [2.45, 2.75) is 61.4 Å². The van der Waals surface area contributed by atoms with Gasteiger partial charge in [0, 0.05) is 0 Å². The Hall–Kier alpha value is -1.74. The van der Waals surface area contributed by atoms with Gasteiger partial charge in [-0.3, -0.25) is 0 Å².